The maximum absolute atomic E-state index is 12.3. The van der Waals surface area contributed by atoms with E-state index in [1.54, 1.807) is 0 Å². The Bertz CT molecular complexity index is 566. The van der Waals surface area contributed by atoms with E-state index < -0.39 is 0 Å². The lowest BCUT2D eigenvalue weighted by molar-refractivity contribution is -0.122. The van der Waals surface area contributed by atoms with E-state index >= 15 is 0 Å². The van der Waals surface area contributed by atoms with E-state index in [0.29, 0.717) is 30.5 Å². The third-order valence-electron chi connectivity index (χ3n) is 6.40. The van der Waals surface area contributed by atoms with Gasteiger partial charge in [-0.25, -0.2) is 0 Å². The molecule has 0 radical (unpaired) electrons. The molecule has 2 N–H and O–H groups in total. The largest absolute Gasteiger partial charge is 0.353 e. The fourth-order valence-corrected chi connectivity index (χ4v) is 5.04. The monoisotopic (exact) mass is 413 g/mol. The second-order valence-electron chi connectivity index (χ2n) is 8.18. The maximum atomic E-state index is 12.3. The van der Waals surface area contributed by atoms with E-state index in [1.807, 2.05) is 0 Å². The van der Waals surface area contributed by atoms with E-state index in [0.717, 1.165) is 38.9 Å². The van der Waals surface area contributed by atoms with Crippen molar-refractivity contribution in [3.63, 3.8) is 0 Å². The summed E-state index contributed by atoms with van der Waals surface area (Å²) in [6.07, 6.45) is 7.80. The Balaban J connectivity index is 0.00000131. The summed E-state index contributed by atoms with van der Waals surface area (Å²) in [5, 5.41) is 6.73. The zero-order valence-electron chi connectivity index (χ0n) is 15.9. The quantitative estimate of drug-likeness (QED) is 0.749. The molecular formula is C21H33Cl2N3O. The second-order valence-corrected chi connectivity index (χ2v) is 8.18. The molecule has 152 valence electrons. The van der Waals surface area contributed by atoms with Gasteiger partial charge in [-0.1, -0.05) is 30.3 Å². The molecular weight excluding hydrogens is 381 g/mol. The minimum Gasteiger partial charge on any atom is -0.353 e. The minimum absolute atomic E-state index is 0. The number of carbonyl (C=O) groups is 1. The molecule has 3 heterocycles. The first-order chi connectivity index (χ1) is 12.3. The van der Waals surface area contributed by atoms with E-state index in [4.69, 9.17) is 0 Å². The standard InChI is InChI=1S/C21H31N3O.2ClH/c25-21(9-6-16-10-11-22-14-16)23-18-12-19-7-8-20(13-18)24(19)15-17-4-2-1-3-5-17;;/h1-5,16,18-20,22H,6-15H2,(H,23,25);2*1H. The van der Waals surface area contributed by atoms with Crippen LogP contribution in [0, 0.1) is 5.92 Å². The maximum Gasteiger partial charge on any atom is 0.220 e. The summed E-state index contributed by atoms with van der Waals surface area (Å²) in [6.45, 7) is 3.27. The van der Waals surface area contributed by atoms with Crippen LogP contribution < -0.4 is 10.6 Å². The average Bonchev–Trinajstić information content (AvgIpc) is 3.21. The van der Waals surface area contributed by atoms with Gasteiger partial charge in [-0.05, 0) is 63.1 Å². The van der Waals surface area contributed by atoms with Crippen LogP contribution in [-0.2, 0) is 11.3 Å². The zero-order chi connectivity index (χ0) is 17.1. The first-order valence-electron chi connectivity index (χ1n) is 10.1. The Morgan fingerprint density at radius 1 is 1.07 bits per heavy atom. The van der Waals surface area contributed by atoms with Gasteiger partial charge in [0.15, 0.2) is 0 Å². The zero-order valence-corrected chi connectivity index (χ0v) is 17.6. The van der Waals surface area contributed by atoms with E-state index in [9.17, 15) is 4.79 Å². The number of benzene rings is 1. The molecule has 3 saturated heterocycles. The number of carbonyl (C=O) groups excluding carboxylic acids is 1. The van der Waals surface area contributed by atoms with Crippen LogP contribution in [0.4, 0.5) is 0 Å². The highest BCUT2D eigenvalue weighted by atomic mass is 35.5. The summed E-state index contributed by atoms with van der Waals surface area (Å²) >= 11 is 0. The molecule has 27 heavy (non-hydrogen) atoms. The van der Waals surface area contributed by atoms with Crippen LogP contribution in [-0.4, -0.2) is 42.0 Å². The molecule has 3 aliphatic rings. The van der Waals surface area contributed by atoms with Crippen molar-refractivity contribution in [2.24, 2.45) is 5.92 Å². The van der Waals surface area contributed by atoms with Crippen LogP contribution in [0.5, 0.6) is 0 Å². The number of amides is 1. The summed E-state index contributed by atoms with van der Waals surface area (Å²) in [6, 6.07) is 12.5. The number of rotatable bonds is 6. The van der Waals surface area contributed by atoms with Gasteiger partial charge in [0.2, 0.25) is 5.91 Å². The van der Waals surface area contributed by atoms with Gasteiger partial charge in [0, 0.05) is 31.1 Å². The number of nitrogens with one attached hydrogen (secondary N) is 2. The lowest BCUT2D eigenvalue weighted by Gasteiger charge is -2.39. The number of halogens is 2. The molecule has 0 aliphatic carbocycles. The van der Waals surface area contributed by atoms with Crippen LogP contribution in [0.3, 0.4) is 0 Å². The average molecular weight is 414 g/mol. The van der Waals surface area contributed by atoms with Crippen LogP contribution in [0.1, 0.15) is 50.5 Å². The van der Waals surface area contributed by atoms with Crippen molar-refractivity contribution >= 4 is 30.7 Å². The SMILES string of the molecule is Cl.Cl.O=C(CCC1CCNC1)NC1CC2CCC(C1)N2Cc1ccccc1. The predicted molar refractivity (Wildman–Crippen MR) is 115 cm³/mol. The van der Waals surface area contributed by atoms with Crippen molar-refractivity contribution < 1.29 is 4.79 Å². The smallest absolute Gasteiger partial charge is 0.220 e. The molecule has 3 aliphatic heterocycles. The van der Waals surface area contributed by atoms with Crippen molar-refractivity contribution in [1.29, 1.82) is 0 Å². The third kappa shape index (κ3) is 5.83. The minimum atomic E-state index is 0. The van der Waals surface area contributed by atoms with Crippen molar-refractivity contribution in [2.45, 2.75) is 69.6 Å². The highest BCUT2D eigenvalue weighted by Gasteiger charge is 2.40. The predicted octanol–water partition coefficient (Wildman–Crippen LogP) is 3.53. The normalized spacial score (nSPS) is 29.6. The Hall–Kier alpha value is -0.810. The van der Waals surface area contributed by atoms with Crippen LogP contribution in [0.2, 0.25) is 0 Å². The molecule has 3 unspecified atom stereocenters. The van der Waals surface area contributed by atoms with Gasteiger partial charge in [0.25, 0.3) is 0 Å². The lowest BCUT2D eigenvalue weighted by Crippen LogP contribution is -2.50. The molecule has 0 aromatic heterocycles. The van der Waals surface area contributed by atoms with Crippen LogP contribution in [0.15, 0.2) is 30.3 Å². The highest BCUT2D eigenvalue weighted by molar-refractivity contribution is 5.85. The molecule has 2 bridgehead atoms. The summed E-state index contributed by atoms with van der Waals surface area (Å²) < 4.78 is 0. The fourth-order valence-electron chi connectivity index (χ4n) is 5.04. The Morgan fingerprint density at radius 2 is 1.78 bits per heavy atom. The van der Waals surface area contributed by atoms with E-state index in [1.165, 1.54) is 24.8 Å². The number of piperidine rings is 1. The third-order valence-corrected chi connectivity index (χ3v) is 6.40. The fraction of sp³-hybridized carbons (Fsp3) is 0.667. The first kappa shape index (κ1) is 22.5. The topological polar surface area (TPSA) is 44.4 Å². The molecule has 4 rings (SSSR count). The number of hydrogen-bond acceptors (Lipinski definition) is 3. The molecule has 1 aromatic rings. The van der Waals surface area contributed by atoms with Gasteiger partial charge in [0.05, 0.1) is 0 Å². The summed E-state index contributed by atoms with van der Waals surface area (Å²) in [4.78, 5) is 15.0. The molecule has 0 saturated carbocycles. The van der Waals surface area contributed by atoms with Gasteiger partial charge >= 0.3 is 0 Å². The van der Waals surface area contributed by atoms with Crippen molar-refractivity contribution in [2.75, 3.05) is 13.1 Å². The van der Waals surface area contributed by atoms with Crippen molar-refractivity contribution in [1.82, 2.24) is 15.5 Å². The lowest BCUT2D eigenvalue weighted by atomic mass is 9.96. The van der Waals surface area contributed by atoms with Gasteiger partial charge in [0.1, 0.15) is 0 Å². The van der Waals surface area contributed by atoms with E-state index in [-0.39, 0.29) is 30.7 Å². The highest BCUT2D eigenvalue weighted by Crippen LogP contribution is 2.36. The number of nitrogens with zero attached hydrogens (tertiary/aromatic N) is 1. The second kappa shape index (κ2) is 10.7. The number of fused-ring (bicyclic) bond motifs is 2. The Labute approximate surface area is 175 Å². The van der Waals surface area contributed by atoms with Gasteiger partial charge in [-0.3, -0.25) is 9.69 Å². The summed E-state index contributed by atoms with van der Waals surface area (Å²) in [7, 11) is 0. The van der Waals surface area contributed by atoms with Crippen LogP contribution >= 0.6 is 24.8 Å². The molecule has 0 spiro atoms. The molecule has 1 amide bonds. The molecule has 3 fully saturated rings. The Morgan fingerprint density at radius 3 is 2.41 bits per heavy atom. The summed E-state index contributed by atoms with van der Waals surface area (Å²) in [5.74, 6) is 0.974. The van der Waals surface area contributed by atoms with Gasteiger partial charge in [-0.15, -0.1) is 24.8 Å². The van der Waals surface area contributed by atoms with Crippen molar-refractivity contribution in [3.8, 4) is 0 Å². The first-order valence-corrected chi connectivity index (χ1v) is 10.1. The van der Waals surface area contributed by atoms with Gasteiger partial charge in [-0.2, -0.15) is 0 Å². The van der Waals surface area contributed by atoms with Gasteiger partial charge < -0.3 is 10.6 Å². The molecule has 6 heteroatoms. The number of hydrogen-bond donors (Lipinski definition) is 2. The van der Waals surface area contributed by atoms with Crippen molar-refractivity contribution in [3.05, 3.63) is 35.9 Å². The molecule has 3 atom stereocenters. The summed E-state index contributed by atoms with van der Waals surface area (Å²) in [5.41, 5.74) is 1.41. The molecule has 1 aromatic carbocycles. The van der Waals surface area contributed by atoms with E-state index in [2.05, 4.69) is 45.9 Å². The molecule has 4 nitrogen and oxygen atoms in total. The van der Waals surface area contributed by atoms with Crippen LogP contribution in [0.25, 0.3) is 0 Å². The Kier molecular flexibility index (Phi) is 8.87.